The van der Waals surface area contributed by atoms with Crippen molar-refractivity contribution in [2.24, 2.45) is 0 Å². The number of nitrogens with one attached hydrogen (secondary N) is 1. The third-order valence-electron chi connectivity index (χ3n) is 3.31. The van der Waals surface area contributed by atoms with Gasteiger partial charge in [0.2, 0.25) is 0 Å². The number of benzene rings is 1. The number of thiazole rings is 1. The van der Waals surface area contributed by atoms with E-state index in [9.17, 15) is 9.59 Å². The van der Waals surface area contributed by atoms with Crippen molar-refractivity contribution in [2.45, 2.75) is 18.4 Å². The minimum atomic E-state index is -0.844. The molecular weight excluding hydrogens is 292 g/mol. The molecule has 0 spiro atoms. The summed E-state index contributed by atoms with van der Waals surface area (Å²) in [5.41, 5.74) is -0.00545. The van der Waals surface area contributed by atoms with Gasteiger partial charge in [-0.2, -0.15) is 0 Å². The number of nitrogens with zero attached hydrogens (tertiary/aromatic N) is 1. The molecule has 6 nitrogen and oxygen atoms in total. The highest BCUT2D eigenvalue weighted by Gasteiger charge is 2.52. The predicted octanol–water partition coefficient (Wildman–Crippen LogP) is 1.50. The molecule has 1 aliphatic rings. The Morgan fingerprint density at radius 3 is 2.81 bits per heavy atom. The second-order valence-corrected chi connectivity index (χ2v) is 5.85. The van der Waals surface area contributed by atoms with E-state index in [2.05, 4.69) is 15.0 Å². The summed E-state index contributed by atoms with van der Waals surface area (Å²) in [6, 6.07) is 7.64. The zero-order valence-electron chi connectivity index (χ0n) is 11.4. The number of carbonyl (C=O) groups excluding carboxylic acids is 2. The number of para-hydroxylation sites is 1. The molecule has 0 atom stereocenters. The number of hydrogen-bond donors (Lipinski definition) is 1. The Morgan fingerprint density at radius 1 is 1.38 bits per heavy atom. The average molecular weight is 306 g/mol. The van der Waals surface area contributed by atoms with Crippen LogP contribution in [0.5, 0.6) is 5.19 Å². The number of ether oxygens (including phenoxy) is 2. The fourth-order valence-electron chi connectivity index (χ4n) is 2.04. The molecule has 21 heavy (non-hydrogen) atoms. The van der Waals surface area contributed by atoms with Gasteiger partial charge in [-0.3, -0.25) is 4.79 Å². The third kappa shape index (κ3) is 2.82. The van der Waals surface area contributed by atoms with Gasteiger partial charge in [-0.1, -0.05) is 23.5 Å². The number of methoxy groups -OCH3 is 1. The van der Waals surface area contributed by atoms with Crippen LogP contribution in [0, 0.1) is 0 Å². The van der Waals surface area contributed by atoms with Gasteiger partial charge >= 0.3 is 5.97 Å². The van der Waals surface area contributed by atoms with E-state index in [1.807, 2.05) is 24.3 Å². The highest BCUT2D eigenvalue weighted by Crippen LogP contribution is 2.36. The zero-order chi connectivity index (χ0) is 14.9. The summed E-state index contributed by atoms with van der Waals surface area (Å²) in [6.45, 7) is -0.168. The third-order valence-corrected chi connectivity index (χ3v) is 4.25. The fourth-order valence-corrected chi connectivity index (χ4v) is 2.86. The molecule has 7 heteroatoms. The molecule has 3 rings (SSSR count). The van der Waals surface area contributed by atoms with Gasteiger partial charge in [-0.25, -0.2) is 9.78 Å². The Balaban J connectivity index is 1.57. The van der Waals surface area contributed by atoms with Crippen LogP contribution in [0.15, 0.2) is 24.3 Å². The van der Waals surface area contributed by atoms with Crippen molar-refractivity contribution < 1.29 is 19.1 Å². The van der Waals surface area contributed by atoms with Crippen LogP contribution < -0.4 is 10.1 Å². The van der Waals surface area contributed by atoms with Crippen molar-refractivity contribution in [1.29, 1.82) is 0 Å². The largest absolute Gasteiger partial charge is 0.467 e. The van der Waals surface area contributed by atoms with Crippen LogP contribution in [0.3, 0.4) is 0 Å². The summed E-state index contributed by atoms with van der Waals surface area (Å²) >= 11 is 1.38. The van der Waals surface area contributed by atoms with Gasteiger partial charge in [0.1, 0.15) is 5.54 Å². The lowest BCUT2D eigenvalue weighted by Gasteiger charge is -2.14. The monoisotopic (exact) mass is 306 g/mol. The summed E-state index contributed by atoms with van der Waals surface area (Å²) in [4.78, 5) is 27.6. The molecule has 1 fully saturated rings. The quantitative estimate of drug-likeness (QED) is 0.847. The van der Waals surface area contributed by atoms with Crippen molar-refractivity contribution in [1.82, 2.24) is 10.3 Å². The van der Waals surface area contributed by atoms with E-state index >= 15 is 0 Å². The van der Waals surface area contributed by atoms with E-state index in [0.717, 1.165) is 10.2 Å². The molecule has 0 bridgehead atoms. The van der Waals surface area contributed by atoms with E-state index in [4.69, 9.17) is 4.74 Å². The lowest BCUT2D eigenvalue weighted by Crippen LogP contribution is -2.45. The zero-order valence-corrected chi connectivity index (χ0v) is 12.2. The van der Waals surface area contributed by atoms with Crippen LogP contribution in [-0.2, 0) is 14.3 Å². The van der Waals surface area contributed by atoms with Crippen molar-refractivity contribution in [2.75, 3.05) is 13.7 Å². The first kappa shape index (κ1) is 13.8. The smallest absolute Gasteiger partial charge is 0.331 e. The van der Waals surface area contributed by atoms with Gasteiger partial charge in [-0.05, 0) is 25.0 Å². The average Bonchev–Trinajstić information content (AvgIpc) is 3.14. The maximum atomic E-state index is 11.8. The molecule has 0 unspecified atom stereocenters. The van der Waals surface area contributed by atoms with Crippen molar-refractivity contribution in [3.05, 3.63) is 24.3 Å². The van der Waals surface area contributed by atoms with Gasteiger partial charge in [0, 0.05) is 0 Å². The summed E-state index contributed by atoms with van der Waals surface area (Å²) < 4.78 is 11.1. The van der Waals surface area contributed by atoms with Gasteiger partial charge in [-0.15, -0.1) is 0 Å². The normalized spacial score (nSPS) is 15.5. The predicted molar refractivity (Wildman–Crippen MR) is 77.2 cm³/mol. The number of fused-ring (bicyclic) bond motifs is 1. The summed E-state index contributed by atoms with van der Waals surface area (Å²) in [7, 11) is 1.31. The van der Waals surface area contributed by atoms with Crippen LogP contribution in [0.25, 0.3) is 10.2 Å². The Morgan fingerprint density at radius 2 is 2.14 bits per heavy atom. The standard InChI is InChI=1S/C14H14N2O4S/c1-19-12(18)14(6-7-14)16-11(17)8-20-13-15-9-4-2-3-5-10(9)21-13/h2-5H,6-8H2,1H3,(H,16,17). The Hall–Kier alpha value is -2.15. The van der Waals surface area contributed by atoms with Crippen molar-refractivity contribution in [3.63, 3.8) is 0 Å². The second kappa shape index (κ2) is 5.33. The highest BCUT2D eigenvalue weighted by molar-refractivity contribution is 7.20. The minimum absolute atomic E-state index is 0.168. The highest BCUT2D eigenvalue weighted by atomic mass is 32.1. The maximum absolute atomic E-state index is 11.8. The first-order chi connectivity index (χ1) is 10.1. The number of carbonyl (C=O) groups is 2. The minimum Gasteiger partial charge on any atom is -0.467 e. The first-order valence-corrected chi connectivity index (χ1v) is 7.32. The van der Waals surface area contributed by atoms with E-state index in [1.54, 1.807) is 0 Å². The van der Waals surface area contributed by atoms with E-state index in [1.165, 1.54) is 18.4 Å². The molecule has 1 aliphatic carbocycles. The van der Waals surface area contributed by atoms with Crippen molar-refractivity contribution >= 4 is 33.4 Å². The Labute approximate surface area is 125 Å². The number of amides is 1. The Bertz CT molecular complexity index is 660. The number of aromatic nitrogens is 1. The van der Waals surface area contributed by atoms with Crippen LogP contribution in [-0.4, -0.2) is 36.1 Å². The lowest BCUT2D eigenvalue weighted by molar-refractivity contribution is -0.146. The molecule has 110 valence electrons. The summed E-state index contributed by atoms with van der Waals surface area (Å²) in [5.74, 6) is -0.756. The molecule has 1 saturated carbocycles. The molecule has 0 aliphatic heterocycles. The fraction of sp³-hybridized carbons (Fsp3) is 0.357. The molecule has 1 N–H and O–H groups in total. The molecular formula is C14H14N2O4S. The number of esters is 1. The molecule has 1 aromatic heterocycles. The lowest BCUT2D eigenvalue weighted by atomic mass is 10.3. The second-order valence-electron chi connectivity index (χ2n) is 4.86. The molecule has 1 amide bonds. The summed E-state index contributed by atoms with van der Waals surface area (Å²) in [5, 5.41) is 3.10. The molecule has 0 radical (unpaired) electrons. The number of hydrogen-bond acceptors (Lipinski definition) is 6. The summed E-state index contributed by atoms with van der Waals surface area (Å²) in [6.07, 6.45) is 1.21. The van der Waals surface area contributed by atoms with Gasteiger partial charge in [0.15, 0.2) is 6.61 Å². The Kier molecular flexibility index (Phi) is 3.50. The van der Waals surface area contributed by atoms with E-state index in [0.29, 0.717) is 18.0 Å². The van der Waals surface area contributed by atoms with Crippen LogP contribution >= 0.6 is 11.3 Å². The topological polar surface area (TPSA) is 77.5 Å². The molecule has 0 saturated heterocycles. The number of rotatable bonds is 5. The van der Waals surface area contributed by atoms with Gasteiger partial charge in [0.05, 0.1) is 17.3 Å². The van der Waals surface area contributed by atoms with Gasteiger partial charge < -0.3 is 14.8 Å². The van der Waals surface area contributed by atoms with E-state index < -0.39 is 11.5 Å². The maximum Gasteiger partial charge on any atom is 0.331 e. The van der Waals surface area contributed by atoms with Crippen LogP contribution in [0.2, 0.25) is 0 Å². The molecule has 1 heterocycles. The SMILES string of the molecule is COC(=O)C1(NC(=O)COc2nc3ccccc3s2)CC1. The van der Waals surface area contributed by atoms with Crippen LogP contribution in [0.4, 0.5) is 0 Å². The molecule has 1 aromatic carbocycles. The van der Waals surface area contributed by atoms with E-state index in [-0.39, 0.29) is 12.5 Å². The van der Waals surface area contributed by atoms with Gasteiger partial charge in [0.25, 0.3) is 11.1 Å². The van der Waals surface area contributed by atoms with Crippen LogP contribution in [0.1, 0.15) is 12.8 Å². The first-order valence-electron chi connectivity index (χ1n) is 6.51. The van der Waals surface area contributed by atoms with Crippen molar-refractivity contribution in [3.8, 4) is 5.19 Å². The molecule has 2 aromatic rings.